The van der Waals surface area contributed by atoms with Gasteiger partial charge in [-0.3, -0.25) is 0 Å². The summed E-state index contributed by atoms with van der Waals surface area (Å²) in [5.41, 5.74) is 0. The molecule has 19 atom stereocenters. The molecule has 14 N–H and O–H groups in total. The molecule has 0 aliphatic carbocycles. The van der Waals surface area contributed by atoms with Crippen LogP contribution in [0.2, 0.25) is 0 Å². The fraction of sp³-hybridized carbons (Fsp3) is 1.00. The minimum atomic E-state index is -1.74. The van der Waals surface area contributed by atoms with Crippen LogP contribution >= 0.6 is 0 Å². The van der Waals surface area contributed by atoms with Gasteiger partial charge < -0.3 is 100 Å². The van der Waals surface area contributed by atoms with E-state index in [0.29, 0.717) is 13.0 Å². The highest BCUT2D eigenvalue weighted by Crippen LogP contribution is 2.32. The molecule has 20 nitrogen and oxygen atoms in total. The largest absolute Gasteiger partial charge is 0.394 e. The molecule has 3 aliphatic heterocycles. The van der Waals surface area contributed by atoms with Gasteiger partial charge in [-0.25, -0.2) is 0 Å². The van der Waals surface area contributed by atoms with E-state index in [9.17, 15) is 61.3 Å². The van der Waals surface area contributed by atoms with E-state index in [1.54, 1.807) is 6.92 Å². The van der Waals surface area contributed by atoms with Crippen molar-refractivity contribution in [1.82, 2.24) is 5.32 Å². The Kier molecular flexibility index (Phi) is 17.3. The standard InChI is InChI=1S/C29H55NO19/c1-11-15(8-32)47-29(25(42)18(11)35)49-27-19(36)12(2)46-17(23(27)40)10-45-28-26(43)24(41)22(39)16(48-28)9-44-5-3-4-30-6-13(33)20(37)21(38)14(34)7-31/h11-43H,3-10H2,1-2H3/t11?,12?,13-,14-,15?,16?,17?,18?,19?,20-,21+,22?,23?,24?,25?,26?,27?,28?,29?/m1/s1. The molecule has 0 bridgehead atoms. The molecule has 0 aromatic carbocycles. The van der Waals surface area contributed by atoms with Gasteiger partial charge in [-0.2, -0.15) is 0 Å². The van der Waals surface area contributed by atoms with Crippen LogP contribution in [0.5, 0.6) is 0 Å². The number of aliphatic hydroxyl groups excluding tert-OH is 13. The van der Waals surface area contributed by atoms with Crippen molar-refractivity contribution in [2.75, 3.05) is 46.1 Å². The summed E-state index contributed by atoms with van der Waals surface area (Å²) in [5, 5.41) is 134. The third-order valence-electron chi connectivity index (χ3n) is 9.16. The third-order valence-corrected chi connectivity index (χ3v) is 9.16. The molecule has 20 heteroatoms. The predicted molar refractivity (Wildman–Crippen MR) is 160 cm³/mol. The van der Waals surface area contributed by atoms with Gasteiger partial charge in [-0.15, -0.1) is 0 Å². The van der Waals surface area contributed by atoms with Gasteiger partial charge in [0.25, 0.3) is 0 Å². The molecule has 3 saturated heterocycles. The molecular formula is C29H55NO19. The predicted octanol–water partition coefficient (Wildman–Crippen LogP) is -7.79. The monoisotopic (exact) mass is 721 g/mol. The lowest BCUT2D eigenvalue weighted by Gasteiger charge is -2.46. The van der Waals surface area contributed by atoms with Crippen molar-refractivity contribution in [3.05, 3.63) is 0 Å². The minimum absolute atomic E-state index is 0.117. The van der Waals surface area contributed by atoms with Crippen LogP contribution in [0, 0.1) is 5.92 Å². The number of hydrogen-bond donors (Lipinski definition) is 14. The number of rotatable bonds is 18. The van der Waals surface area contributed by atoms with Crippen LogP contribution in [-0.2, 0) is 28.4 Å². The van der Waals surface area contributed by atoms with Crippen LogP contribution < -0.4 is 5.32 Å². The average molecular weight is 722 g/mol. The second-order valence-electron chi connectivity index (χ2n) is 12.8. The molecule has 0 amide bonds. The Hall–Kier alpha value is -0.800. The Morgan fingerprint density at radius 3 is 1.92 bits per heavy atom. The van der Waals surface area contributed by atoms with Gasteiger partial charge in [0, 0.05) is 19.1 Å². The van der Waals surface area contributed by atoms with Crippen molar-refractivity contribution in [2.24, 2.45) is 5.92 Å². The molecule has 0 aromatic rings. The average Bonchev–Trinajstić information content (AvgIpc) is 3.09. The van der Waals surface area contributed by atoms with Gasteiger partial charge >= 0.3 is 0 Å². The molecule has 0 radical (unpaired) electrons. The zero-order valence-corrected chi connectivity index (χ0v) is 27.4. The number of ether oxygens (including phenoxy) is 6. The van der Waals surface area contributed by atoms with E-state index in [4.69, 9.17) is 33.5 Å². The van der Waals surface area contributed by atoms with Gasteiger partial charge in [0.05, 0.1) is 50.8 Å². The van der Waals surface area contributed by atoms with Crippen molar-refractivity contribution in [2.45, 2.75) is 131 Å². The SMILES string of the molecule is CC1OC(COC2OC(COCCCNC[C@@H](O)[C@@H](O)[C@@H](O)[C@H](O)CO)C(O)C(O)C2O)C(O)C(OC2OC(CO)C(C)C(O)C2O)C1O. The van der Waals surface area contributed by atoms with Crippen LogP contribution in [0.3, 0.4) is 0 Å². The van der Waals surface area contributed by atoms with Crippen molar-refractivity contribution in [1.29, 1.82) is 0 Å². The lowest BCUT2D eigenvalue weighted by molar-refractivity contribution is -0.341. The Morgan fingerprint density at radius 2 is 1.27 bits per heavy atom. The Balaban J connectivity index is 1.46. The molecule has 49 heavy (non-hydrogen) atoms. The van der Waals surface area contributed by atoms with Gasteiger partial charge in [-0.1, -0.05) is 6.92 Å². The highest BCUT2D eigenvalue weighted by Gasteiger charge is 2.50. The zero-order valence-electron chi connectivity index (χ0n) is 27.4. The third kappa shape index (κ3) is 10.9. The second-order valence-corrected chi connectivity index (χ2v) is 12.8. The van der Waals surface area contributed by atoms with E-state index in [0.717, 1.165) is 0 Å². The maximum atomic E-state index is 11.0. The first-order chi connectivity index (χ1) is 23.1. The molecule has 3 heterocycles. The molecular weight excluding hydrogens is 666 g/mol. The van der Waals surface area contributed by atoms with Crippen LogP contribution in [0.15, 0.2) is 0 Å². The van der Waals surface area contributed by atoms with Crippen molar-refractivity contribution in [3.8, 4) is 0 Å². The molecule has 3 aliphatic rings. The smallest absolute Gasteiger partial charge is 0.187 e. The molecule has 3 rings (SSSR count). The van der Waals surface area contributed by atoms with E-state index < -0.39 is 136 Å². The van der Waals surface area contributed by atoms with Crippen molar-refractivity contribution < 1.29 is 94.8 Å². The number of nitrogens with one attached hydrogen (secondary N) is 1. The summed E-state index contributed by atoms with van der Waals surface area (Å²) in [5.74, 6) is -0.630. The van der Waals surface area contributed by atoms with E-state index in [2.05, 4.69) is 5.32 Å². The first kappa shape index (κ1) is 42.6. The quantitative estimate of drug-likeness (QED) is 0.0584. The van der Waals surface area contributed by atoms with Gasteiger partial charge in [0.2, 0.25) is 0 Å². The lowest BCUT2D eigenvalue weighted by Crippen LogP contribution is -2.63. The maximum absolute atomic E-state index is 11.0. The number of aliphatic hydroxyl groups is 13. The fourth-order valence-electron chi connectivity index (χ4n) is 5.78. The van der Waals surface area contributed by atoms with Crippen molar-refractivity contribution >= 4 is 0 Å². The summed E-state index contributed by atoms with van der Waals surface area (Å²) >= 11 is 0. The molecule has 0 aromatic heterocycles. The van der Waals surface area contributed by atoms with Crippen LogP contribution in [-0.4, -0.2) is 223 Å². The summed E-state index contributed by atoms with van der Waals surface area (Å²) < 4.78 is 33.7. The van der Waals surface area contributed by atoms with Crippen LogP contribution in [0.25, 0.3) is 0 Å². The Morgan fingerprint density at radius 1 is 0.653 bits per heavy atom. The summed E-state index contributed by atoms with van der Waals surface area (Å²) in [6.07, 6.45) is -25.5. The summed E-state index contributed by atoms with van der Waals surface area (Å²) in [4.78, 5) is 0. The lowest BCUT2D eigenvalue weighted by atomic mass is 9.90. The molecule has 15 unspecified atom stereocenters. The maximum Gasteiger partial charge on any atom is 0.187 e. The molecule has 0 spiro atoms. The van der Waals surface area contributed by atoms with E-state index in [1.165, 1.54) is 6.92 Å². The molecule has 3 fully saturated rings. The summed E-state index contributed by atoms with van der Waals surface area (Å²) in [6.45, 7) is 1.36. The highest BCUT2D eigenvalue weighted by atomic mass is 16.7. The topological polar surface area (TPSA) is 330 Å². The first-order valence-electron chi connectivity index (χ1n) is 16.4. The van der Waals surface area contributed by atoms with Gasteiger partial charge in [0.1, 0.15) is 73.2 Å². The van der Waals surface area contributed by atoms with E-state index in [1.807, 2.05) is 0 Å². The minimum Gasteiger partial charge on any atom is -0.394 e. The second kappa shape index (κ2) is 19.9. The highest BCUT2D eigenvalue weighted by molar-refractivity contribution is 4.95. The summed E-state index contributed by atoms with van der Waals surface area (Å²) in [7, 11) is 0. The fourth-order valence-corrected chi connectivity index (χ4v) is 5.78. The summed E-state index contributed by atoms with van der Waals surface area (Å²) in [6, 6.07) is 0. The Labute approximate surface area is 282 Å². The van der Waals surface area contributed by atoms with E-state index in [-0.39, 0.29) is 19.8 Å². The number of hydrogen-bond acceptors (Lipinski definition) is 20. The van der Waals surface area contributed by atoms with Gasteiger partial charge in [0.15, 0.2) is 12.6 Å². The van der Waals surface area contributed by atoms with Gasteiger partial charge in [-0.05, 0) is 19.9 Å². The van der Waals surface area contributed by atoms with Crippen LogP contribution in [0.4, 0.5) is 0 Å². The zero-order chi connectivity index (χ0) is 36.6. The first-order valence-corrected chi connectivity index (χ1v) is 16.4. The Bertz CT molecular complexity index is 940. The van der Waals surface area contributed by atoms with Crippen LogP contribution in [0.1, 0.15) is 20.3 Å². The van der Waals surface area contributed by atoms with E-state index >= 15 is 0 Å². The molecule has 290 valence electrons. The normalized spacial score (nSPS) is 42.8. The molecule has 0 saturated carbocycles. The van der Waals surface area contributed by atoms with Crippen molar-refractivity contribution in [3.63, 3.8) is 0 Å².